The van der Waals surface area contributed by atoms with Crippen molar-refractivity contribution >= 4 is 34.0 Å². The van der Waals surface area contributed by atoms with Gasteiger partial charge in [0.15, 0.2) is 6.23 Å². The molecule has 0 radical (unpaired) electrons. The number of piperazine rings is 1. The maximum absolute atomic E-state index is 15.5. The van der Waals surface area contributed by atoms with Gasteiger partial charge in [0, 0.05) is 63.2 Å². The summed E-state index contributed by atoms with van der Waals surface area (Å²) in [6.07, 6.45) is 2.44. The number of nitrogens with zero attached hydrogens (tertiary/aromatic N) is 5. The number of hydrogen-bond donors (Lipinski definition) is 1. The van der Waals surface area contributed by atoms with E-state index >= 15 is 4.39 Å². The Morgan fingerprint density at radius 3 is 2.32 bits per heavy atom. The predicted molar refractivity (Wildman–Crippen MR) is 215 cm³/mol. The van der Waals surface area contributed by atoms with Crippen LogP contribution < -0.4 is 10.1 Å². The van der Waals surface area contributed by atoms with Gasteiger partial charge in [0.25, 0.3) is 0 Å². The summed E-state index contributed by atoms with van der Waals surface area (Å²) in [5, 5.41) is 7.76. The van der Waals surface area contributed by atoms with Crippen molar-refractivity contribution in [1.82, 2.24) is 29.9 Å². The van der Waals surface area contributed by atoms with E-state index in [0.717, 1.165) is 25.7 Å². The molecule has 2 saturated heterocycles. The molecule has 0 bridgehead atoms. The highest BCUT2D eigenvalue weighted by molar-refractivity contribution is 6.00. The summed E-state index contributed by atoms with van der Waals surface area (Å²) in [7, 11) is 0. The zero-order valence-electron chi connectivity index (χ0n) is 33.6. The first kappa shape index (κ1) is 41.9. The molecule has 1 saturated carbocycles. The lowest BCUT2D eigenvalue weighted by Crippen LogP contribution is -2.51. The van der Waals surface area contributed by atoms with E-state index in [2.05, 4.69) is 15.4 Å². The smallest absolute Gasteiger partial charge is 0.410 e. The van der Waals surface area contributed by atoms with Gasteiger partial charge in [-0.25, -0.2) is 14.5 Å². The largest absolute Gasteiger partial charge is 0.476 e. The Kier molecular flexibility index (Phi) is 12.4. The number of carbonyl (C=O) groups excluding carboxylic acids is 2. The molecule has 3 fully saturated rings. The number of ether oxygens (including phenoxy) is 3. The number of allylic oxidation sites excluding steroid dienone is 1. The average Bonchev–Trinajstić information content (AvgIpc) is 3.92. The minimum absolute atomic E-state index is 0.0204. The molecule has 2 aromatic carbocycles. The van der Waals surface area contributed by atoms with Crippen molar-refractivity contribution in [2.75, 3.05) is 45.9 Å². The normalized spacial score (nSPS) is 18.9. The Labute approximate surface area is 341 Å². The second kappa shape index (κ2) is 17.5. The van der Waals surface area contributed by atoms with Crippen molar-refractivity contribution < 1.29 is 41.4 Å². The molecule has 3 aliphatic rings. The third-order valence-corrected chi connectivity index (χ3v) is 10.7. The molecule has 4 heterocycles. The van der Waals surface area contributed by atoms with E-state index in [9.17, 15) is 22.8 Å². The molecule has 1 unspecified atom stereocenters. The number of amides is 2. The summed E-state index contributed by atoms with van der Waals surface area (Å²) in [6, 6.07) is 16.6. The fourth-order valence-electron chi connectivity index (χ4n) is 7.41. The number of nitrogens with one attached hydrogen (secondary N) is 1. The molecule has 0 spiro atoms. The summed E-state index contributed by atoms with van der Waals surface area (Å²) in [4.78, 5) is 33.0. The molecule has 2 aliphatic heterocycles. The first-order valence-corrected chi connectivity index (χ1v) is 20.1. The lowest BCUT2D eigenvalue weighted by molar-refractivity contribution is -0.127. The van der Waals surface area contributed by atoms with Gasteiger partial charge in [-0.2, -0.15) is 17.6 Å². The number of pyridine rings is 1. The van der Waals surface area contributed by atoms with E-state index in [1.165, 1.54) is 17.0 Å². The average molecular weight is 819 g/mol. The Hall–Kier alpha value is -5.28. The van der Waals surface area contributed by atoms with Crippen LogP contribution in [-0.2, 0) is 14.3 Å². The molecular formula is C44H50F4N6O5. The highest BCUT2D eigenvalue weighted by atomic mass is 19.4. The first-order valence-electron chi connectivity index (χ1n) is 20.1. The minimum atomic E-state index is -4.54. The number of fused-ring (bicyclic) bond motifs is 1. The van der Waals surface area contributed by atoms with Gasteiger partial charge in [-0.15, -0.1) is 5.10 Å². The molecule has 2 amide bonds. The predicted octanol–water partition coefficient (Wildman–Crippen LogP) is 8.32. The Morgan fingerprint density at radius 2 is 1.68 bits per heavy atom. The third-order valence-electron chi connectivity index (χ3n) is 10.7. The quantitative estimate of drug-likeness (QED) is 0.0864. The van der Waals surface area contributed by atoms with Crippen LogP contribution in [0.2, 0.25) is 0 Å². The topological polar surface area (TPSA) is 111 Å². The van der Waals surface area contributed by atoms with E-state index < -0.39 is 30.4 Å². The van der Waals surface area contributed by atoms with Crippen LogP contribution in [0.1, 0.15) is 82.2 Å². The lowest BCUT2D eigenvalue weighted by atomic mass is 9.88. The zero-order chi connectivity index (χ0) is 41.8. The minimum Gasteiger partial charge on any atom is -0.476 e. The van der Waals surface area contributed by atoms with Gasteiger partial charge in [0.1, 0.15) is 12.2 Å². The fraction of sp³-hybridized carbons (Fsp3) is 0.455. The monoisotopic (exact) mass is 818 g/mol. The maximum Gasteiger partial charge on any atom is 0.410 e. The first-order chi connectivity index (χ1) is 28.2. The summed E-state index contributed by atoms with van der Waals surface area (Å²) < 4.78 is 77.3. The van der Waals surface area contributed by atoms with E-state index in [1.54, 1.807) is 76.5 Å². The molecule has 11 nitrogen and oxygen atoms in total. The molecule has 15 heteroatoms. The summed E-state index contributed by atoms with van der Waals surface area (Å²) >= 11 is 0. The molecular weight excluding hydrogens is 769 g/mol. The van der Waals surface area contributed by atoms with Crippen molar-refractivity contribution in [3.63, 3.8) is 0 Å². The fourth-order valence-corrected chi connectivity index (χ4v) is 7.41. The van der Waals surface area contributed by atoms with Gasteiger partial charge < -0.3 is 29.3 Å². The Balaban J connectivity index is 1.03. The maximum atomic E-state index is 15.5. The second-order valence-electron chi connectivity index (χ2n) is 16.3. The zero-order valence-corrected chi connectivity index (χ0v) is 33.6. The van der Waals surface area contributed by atoms with Crippen molar-refractivity contribution in [2.24, 2.45) is 0 Å². The van der Waals surface area contributed by atoms with Crippen molar-refractivity contribution in [3.8, 4) is 5.88 Å². The van der Waals surface area contributed by atoms with Crippen LogP contribution in [0.15, 0.2) is 79.0 Å². The van der Waals surface area contributed by atoms with Crippen LogP contribution >= 0.6 is 0 Å². The van der Waals surface area contributed by atoms with E-state index in [-0.39, 0.29) is 34.1 Å². The van der Waals surface area contributed by atoms with Gasteiger partial charge in [-0.1, -0.05) is 42.5 Å². The van der Waals surface area contributed by atoms with Crippen molar-refractivity contribution in [2.45, 2.75) is 82.8 Å². The molecule has 4 aromatic rings. The SMILES string of the molecule is CC(C)(C)OC(=O)N1CCN(C(=O)/C=C/CNC2(COc3ccc(/C(=C(/CC(F)(F)F)c4ccccc4)c4ccc5c(c4)c(F)nn5C4CCCCO4)cn3)CC2)CC1. The highest BCUT2D eigenvalue weighted by Crippen LogP contribution is 2.41. The number of alkyl halides is 3. The van der Waals surface area contributed by atoms with Crippen LogP contribution in [0.5, 0.6) is 5.88 Å². The second-order valence-corrected chi connectivity index (χ2v) is 16.3. The number of hydrogen-bond acceptors (Lipinski definition) is 8. The van der Waals surface area contributed by atoms with Gasteiger partial charge in [0.05, 0.1) is 22.9 Å². The van der Waals surface area contributed by atoms with Crippen LogP contribution in [0, 0.1) is 5.95 Å². The van der Waals surface area contributed by atoms with E-state index in [4.69, 9.17) is 14.2 Å². The Bertz CT molecular complexity index is 2160. The van der Waals surface area contributed by atoms with Gasteiger partial charge in [0.2, 0.25) is 17.7 Å². The summed E-state index contributed by atoms with van der Waals surface area (Å²) in [5.74, 6) is -0.562. The molecule has 314 valence electrons. The van der Waals surface area contributed by atoms with Crippen LogP contribution in [0.4, 0.5) is 22.4 Å². The molecule has 2 aromatic heterocycles. The number of rotatable bonds is 12. The van der Waals surface area contributed by atoms with Crippen LogP contribution in [0.25, 0.3) is 22.0 Å². The van der Waals surface area contributed by atoms with Gasteiger partial charge in [-0.05, 0) is 93.3 Å². The highest BCUT2D eigenvalue weighted by Gasteiger charge is 2.43. The number of benzene rings is 2. The van der Waals surface area contributed by atoms with Crippen LogP contribution in [0.3, 0.4) is 0 Å². The van der Waals surface area contributed by atoms with Crippen LogP contribution in [-0.4, -0.2) is 99.8 Å². The van der Waals surface area contributed by atoms with E-state index in [0.29, 0.717) is 80.4 Å². The van der Waals surface area contributed by atoms with Crippen molar-refractivity contribution in [1.29, 1.82) is 0 Å². The number of aromatic nitrogens is 3. The van der Waals surface area contributed by atoms with Gasteiger partial charge >= 0.3 is 12.3 Å². The lowest BCUT2D eigenvalue weighted by Gasteiger charge is -2.35. The summed E-state index contributed by atoms with van der Waals surface area (Å²) in [6.45, 7) is 8.37. The Morgan fingerprint density at radius 1 is 0.949 bits per heavy atom. The third kappa shape index (κ3) is 10.7. The van der Waals surface area contributed by atoms with Crippen molar-refractivity contribution in [3.05, 3.63) is 102 Å². The number of carbonyl (C=O) groups is 2. The molecule has 1 atom stereocenters. The molecule has 1 aliphatic carbocycles. The van der Waals surface area contributed by atoms with E-state index in [1.807, 2.05) is 20.8 Å². The standard InChI is InChI=1S/C44H50F4N6O5/c1-42(2,3)59-41(56)53-23-21-52(22-24-53)37(55)12-9-20-50-43(18-19-43)29-58-36-17-15-32(28-49-36)39(34(27-44(46,47)48)30-10-5-4-6-11-30)31-14-16-35-33(26-31)40(45)51-54(35)38-13-7-8-25-57-38/h4-6,9-12,14-17,26,28,38,50H,7-8,13,18-25,27,29H2,1-3H3/b12-9+,39-34-. The molecule has 59 heavy (non-hydrogen) atoms. The van der Waals surface area contributed by atoms with Gasteiger partial charge in [-0.3, -0.25) is 4.79 Å². The number of halogens is 4. The molecule has 1 N–H and O–H groups in total. The summed E-state index contributed by atoms with van der Waals surface area (Å²) in [5.41, 5.74) is 1.06. The molecule has 7 rings (SSSR count).